The lowest BCUT2D eigenvalue weighted by Gasteiger charge is -2.22. The molecule has 41 heavy (non-hydrogen) atoms. The number of para-hydroxylation sites is 1. The minimum Gasteiger partial charge on any atom is -0.432 e. The number of benzene rings is 1. The second-order valence-corrected chi connectivity index (χ2v) is 11.1. The van der Waals surface area contributed by atoms with Crippen molar-refractivity contribution in [3.05, 3.63) is 66.0 Å². The summed E-state index contributed by atoms with van der Waals surface area (Å²) in [5.74, 6) is -2.26. The number of sulfonamides is 1. The van der Waals surface area contributed by atoms with Gasteiger partial charge in [-0.1, -0.05) is 13.0 Å². The Morgan fingerprint density at radius 1 is 0.878 bits per heavy atom. The Morgan fingerprint density at radius 3 is 2.05 bits per heavy atom. The lowest BCUT2D eigenvalue weighted by Crippen LogP contribution is -2.31. The number of aromatic nitrogens is 6. The fraction of sp³-hybridized carbons (Fsp3) is 0.320. The molecule has 1 N–H and O–H groups in total. The number of anilines is 1. The molecule has 218 valence electrons. The molecule has 11 nitrogen and oxygen atoms in total. The van der Waals surface area contributed by atoms with Gasteiger partial charge in [-0.3, -0.25) is 14.3 Å². The second-order valence-electron chi connectivity index (χ2n) is 9.05. The van der Waals surface area contributed by atoms with E-state index in [9.17, 15) is 26.0 Å². The smallest absolute Gasteiger partial charge is 0.387 e. The molecule has 16 heteroatoms. The fourth-order valence-electron chi connectivity index (χ4n) is 3.87. The first kappa shape index (κ1) is 29.6. The molecule has 0 aliphatic heterocycles. The van der Waals surface area contributed by atoms with Gasteiger partial charge in [0.25, 0.3) is 0 Å². The van der Waals surface area contributed by atoms with Crippen molar-refractivity contribution < 1.29 is 35.5 Å². The van der Waals surface area contributed by atoms with Crippen LogP contribution in [0.5, 0.6) is 11.5 Å². The zero-order chi connectivity index (χ0) is 29.9. The van der Waals surface area contributed by atoms with Crippen molar-refractivity contribution in [2.24, 2.45) is 0 Å². The first-order chi connectivity index (χ1) is 19.4. The number of nitrogens with zero attached hydrogens (tertiary/aromatic N) is 6. The van der Waals surface area contributed by atoms with Crippen LogP contribution in [-0.2, 0) is 10.0 Å². The van der Waals surface area contributed by atoms with E-state index in [1.165, 1.54) is 19.3 Å². The number of rotatable bonds is 11. The normalized spacial score (nSPS) is 13.3. The van der Waals surface area contributed by atoms with Crippen LogP contribution in [0.15, 0.2) is 49.1 Å². The van der Waals surface area contributed by atoms with Gasteiger partial charge in [-0.15, -0.1) is 10.2 Å². The number of alkyl halides is 4. The maximum atomic E-state index is 13.5. The Labute approximate surface area is 232 Å². The molecule has 0 aliphatic carbocycles. The number of nitrogens with one attached hydrogen (secondary N) is 1. The highest BCUT2D eigenvalue weighted by atomic mass is 32.2. The number of halogens is 4. The summed E-state index contributed by atoms with van der Waals surface area (Å²) in [6, 6.07) is 4.92. The highest BCUT2D eigenvalue weighted by Gasteiger charge is 2.33. The van der Waals surface area contributed by atoms with Gasteiger partial charge in [-0.05, 0) is 50.1 Å². The summed E-state index contributed by atoms with van der Waals surface area (Å²) in [5.41, 5.74) is 1.23. The molecule has 0 bridgehead atoms. The number of ether oxygens (including phenoxy) is 2. The third kappa shape index (κ3) is 6.70. The highest BCUT2D eigenvalue weighted by molar-refractivity contribution is 7.93. The van der Waals surface area contributed by atoms with Gasteiger partial charge in [0.2, 0.25) is 16.0 Å². The van der Waals surface area contributed by atoms with E-state index in [-0.39, 0.29) is 17.2 Å². The van der Waals surface area contributed by atoms with Crippen LogP contribution in [0.4, 0.5) is 23.5 Å². The Kier molecular flexibility index (Phi) is 8.70. The largest absolute Gasteiger partial charge is 0.432 e. The van der Waals surface area contributed by atoms with Crippen LogP contribution in [-0.4, -0.2) is 56.6 Å². The van der Waals surface area contributed by atoms with Crippen LogP contribution < -0.4 is 14.2 Å². The van der Waals surface area contributed by atoms with Gasteiger partial charge in [-0.2, -0.15) is 17.6 Å². The second kappa shape index (κ2) is 12.0. The highest BCUT2D eigenvalue weighted by Crippen LogP contribution is 2.39. The fourth-order valence-corrected chi connectivity index (χ4v) is 5.10. The Bertz CT molecular complexity index is 1590. The van der Waals surface area contributed by atoms with Crippen molar-refractivity contribution in [2.75, 3.05) is 4.72 Å². The van der Waals surface area contributed by atoms with Crippen LogP contribution in [0.1, 0.15) is 36.7 Å². The lowest BCUT2D eigenvalue weighted by atomic mass is 10.1. The predicted molar refractivity (Wildman–Crippen MR) is 140 cm³/mol. The molecular weight excluding hydrogens is 570 g/mol. The van der Waals surface area contributed by atoms with Gasteiger partial charge < -0.3 is 9.47 Å². The maximum Gasteiger partial charge on any atom is 0.387 e. The summed E-state index contributed by atoms with van der Waals surface area (Å²) in [6.07, 6.45) is 5.99. The average molecular weight is 596 g/mol. The summed E-state index contributed by atoms with van der Waals surface area (Å²) in [7, 11) is -4.30. The van der Waals surface area contributed by atoms with Crippen molar-refractivity contribution >= 4 is 16.0 Å². The summed E-state index contributed by atoms with van der Waals surface area (Å²) in [6.45, 7) is -0.175. The Balaban J connectivity index is 1.88. The molecule has 2 atom stereocenters. The van der Waals surface area contributed by atoms with Gasteiger partial charge in [0.05, 0.1) is 5.25 Å². The van der Waals surface area contributed by atoms with E-state index in [0.717, 1.165) is 28.3 Å². The van der Waals surface area contributed by atoms with E-state index in [1.807, 2.05) is 0 Å². The molecule has 0 saturated carbocycles. The Hall–Kier alpha value is -4.34. The summed E-state index contributed by atoms with van der Waals surface area (Å²) in [5, 5.41) is 6.83. The van der Waals surface area contributed by atoms with Crippen molar-refractivity contribution in [2.45, 2.75) is 52.1 Å². The molecule has 0 radical (unpaired) electrons. The quantitative estimate of drug-likeness (QED) is 0.241. The third-order valence-corrected chi connectivity index (χ3v) is 7.90. The molecule has 3 heterocycles. The molecule has 0 unspecified atom stereocenters. The van der Waals surface area contributed by atoms with Crippen LogP contribution in [0, 0.1) is 13.8 Å². The van der Waals surface area contributed by atoms with Crippen molar-refractivity contribution in [1.29, 1.82) is 0 Å². The van der Waals surface area contributed by atoms with Gasteiger partial charge in [0.1, 0.15) is 11.5 Å². The maximum absolute atomic E-state index is 13.5. The number of aryl methyl sites for hydroxylation is 2. The Morgan fingerprint density at radius 2 is 1.49 bits per heavy atom. The molecule has 0 spiro atoms. The first-order valence-electron chi connectivity index (χ1n) is 12.1. The molecular formula is C25H25F4N7O4S. The third-order valence-electron chi connectivity index (χ3n) is 6.05. The molecule has 4 aromatic rings. The summed E-state index contributed by atoms with van der Waals surface area (Å²) < 4.78 is 93.0. The molecule has 0 fully saturated rings. The van der Waals surface area contributed by atoms with E-state index in [0.29, 0.717) is 5.56 Å². The van der Waals surface area contributed by atoms with E-state index in [1.54, 1.807) is 39.2 Å². The first-order valence-corrected chi connectivity index (χ1v) is 13.6. The number of hydrogen-bond acceptors (Lipinski definition) is 9. The van der Waals surface area contributed by atoms with Gasteiger partial charge in [0.15, 0.2) is 17.3 Å². The van der Waals surface area contributed by atoms with Gasteiger partial charge in [0, 0.05) is 36.3 Å². The molecule has 0 aliphatic rings. The molecule has 0 saturated heterocycles. The SMILES string of the molecule is Cc1cnc([C@@H](C)[C@H](C)S(=O)(=O)Nc2nnc(-c3cncc(C)c3)n2-c2c(OC(F)F)cccc2OC(F)F)nc1. The zero-order valence-electron chi connectivity index (χ0n) is 22.2. The van der Waals surface area contributed by atoms with E-state index in [2.05, 4.69) is 39.3 Å². The topological polar surface area (TPSA) is 134 Å². The number of hydrogen-bond donors (Lipinski definition) is 1. The molecule has 3 aromatic heterocycles. The van der Waals surface area contributed by atoms with E-state index < -0.39 is 57.5 Å². The minimum absolute atomic E-state index is 0.120. The molecule has 0 amide bonds. The minimum atomic E-state index is -4.30. The van der Waals surface area contributed by atoms with Gasteiger partial charge >= 0.3 is 13.2 Å². The van der Waals surface area contributed by atoms with Crippen molar-refractivity contribution in [3.63, 3.8) is 0 Å². The van der Waals surface area contributed by atoms with E-state index in [4.69, 9.17) is 0 Å². The standard InChI is InChI=1S/C25H25F4N7O4S/c1-13-8-17(12-30-9-13)22-33-34-25(35-41(37,38)16(4)15(3)21-31-10-14(2)11-32-21)36(22)20-18(39-23(26)27)6-5-7-19(20)40-24(28)29/h5-12,15-16,23-24H,1-4H3,(H,34,35)/t15-,16-/m0/s1. The monoisotopic (exact) mass is 595 g/mol. The lowest BCUT2D eigenvalue weighted by molar-refractivity contribution is -0.0542. The van der Waals surface area contributed by atoms with Crippen molar-refractivity contribution in [3.8, 4) is 28.6 Å². The van der Waals surface area contributed by atoms with Crippen LogP contribution in [0.25, 0.3) is 17.1 Å². The van der Waals surface area contributed by atoms with E-state index >= 15 is 0 Å². The summed E-state index contributed by atoms with van der Waals surface area (Å²) in [4.78, 5) is 12.5. The molecule has 4 rings (SSSR count). The van der Waals surface area contributed by atoms with Crippen LogP contribution >= 0.6 is 0 Å². The average Bonchev–Trinajstić information content (AvgIpc) is 3.30. The van der Waals surface area contributed by atoms with Crippen LogP contribution in [0.2, 0.25) is 0 Å². The predicted octanol–water partition coefficient (Wildman–Crippen LogP) is 4.87. The van der Waals surface area contributed by atoms with Gasteiger partial charge in [-0.25, -0.2) is 18.4 Å². The molecule has 1 aromatic carbocycles. The number of pyridine rings is 1. The zero-order valence-corrected chi connectivity index (χ0v) is 23.0. The van der Waals surface area contributed by atoms with Crippen LogP contribution in [0.3, 0.4) is 0 Å². The van der Waals surface area contributed by atoms with Crippen molar-refractivity contribution in [1.82, 2.24) is 29.7 Å². The summed E-state index contributed by atoms with van der Waals surface area (Å²) >= 11 is 0.